The van der Waals surface area contributed by atoms with Gasteiger partial charge in [-0.15, -0.1) is 0 Å². The first-order valence-corrected chi connectivity index (χ1v) is 48.9. The van der Waals surface area contributed by atoms with Crippen molar-refractivity contribution < 1.29 is 82.8 Å². The van der Waals surface area contributed by atoms with E-state index in [1.54, 1.807) is 73.2 Å². The van der Waals surface area contributed by atoms with Gasteiger partial charge in [0.15, 0.2) is 23.1 Å². The highest BCUT2D eigenvalue weighted by Crippen LogP contribution is 2.51. The normalized spacial score (nSPS) is 14.0. The van der Waals surface area contributed by atoms with E-state index in [0.29, 0.717) is 77.1 Å². The molecule has 2 saturated carbocycles. The van der Waals surface area contributed by atoms with Gasteiger partial charge in [-0.3, -0.25) is 48.5 Å². The van der Waals surface area contributed by atoms with Crippen molar-refractivity contribution in [2.75, 3.05) is 102 Å². The van der Waals surface area contributed by atoms with Crippen LogP contribution in [0, 0.1) is 11.6 Å². The van der Waals surface area contributed by atoms with E-state index >= 15 is 0 Å². The topological polar surface area (TPSA) is 319 Å². The first kappa shape index (κ1) is 108. The number of piperazine rings is 1. The zero-order valence-corrected chi connectivity index (χ0v) is 81.3. The van der Waals surface area contributed by atoms with Crippen LogP contribution in [0.1, 0.15) is 186 Å². The molecule has 4 aliphatic rings. The molecule has 0 spiro atoms. The van der Waals surface area contributed by atoms with Gasteiger partial charge in [0.2, 0.25) is 17.3 Å². The lowest BCUT2D eigenvalue weighted by Crippen LogP contribution is -2.44. The Morgan fingerprint density at radius 3 is 1.01 bits per heavy atom. The first-order chi connectivity index (χ1) is 70.1. The second-order valence-electron chi connectivity index (χ2n) is 36.4. The molecule has 2 aliphatic heterocycles. The lowest BCUT2D eigenvalue weighted by Gasteiger charge is -2.38. The fraction of sp³-hybridized carbons (Fsp3) is 0.273. The second kappa shape index (κ2) is 55.9. The van der Waals surface area contributed by atoms with E-state index in [1.165, 1.54) is 96.0 Å². The van der Waals surface area contributed by atoms with E-state index in [1.807, 2.05) is 176 Å². The van der Waals surface area contributed by atoms with Gasteiger partial charge in [-0.2, -0.15) is 0 Å². The SMILES string of the molecule is CN1CCN(c2ccc(C(=O)CO)nc2)CC1.O=C(CO)c1ccc(CC2(c3cc(F)ccc3F)CCOCC2)cc1.O=C(CO)c1ccc(CC2(c3ccccc3)CC2)cc1.O=C(CO)c1ccc(CC2(c3ccccc3)CCCCC2)cc1.O=C(CO)c1ccc(CCc2ccccc2)cc1.O=C(CO)c1ccc(CCc2ccccc2)cn1.O=C(CO)c1ccc(N(c2ccccc2)c2ccccc2)cn1. The average Bonchev–Trinajstić information content (AvgIpc) is 1.69. The number of anilines is 4. The minimum absolute atomic E-state index is 0.216. The van der Waals surface area contributed by atoms with Crippen molar-refractivity contribution in [3.63, 3.8) is 0 Å². The van der Waals surface area contributed by atoms with Crippen molar-refractivity contribution in [3.8, 4) is 0 Å². The summed E-state index contributed by atoms with van der Waals surface area (Å²) in [7, 11) is 2.11. The third kappa shape index (κ3) is 32.1. The Hall–Kier alpha value is -14.3. The lowest BCUT2D eigenvalue weighted by atomic mass is 9.66. The molecule has 21 nitrogen and oxygen atoms in total. The van der Waals surface area contributed by atoms with Crippen LogP contribution in [0.25, 0.3) is 0 Å². The van der Waals surface area contributed by atoms with Gasteiger partial charge in [0.1, 0.15) is 75.0 Å². The fourth-order valence-corrected chi connectivity index (χ4v) is 18.1. The highest BCUT2D eigenvalue weighted by Gasteiger charge is 2.44. The van der Waals surface area contributed by atoms with Gasteiger partial charge in [-0.25, -0.2) is 8.78 Å². The maximum Gasteiger partial charge on any atom is 0.206 e. The Bertz CT molecular complexity index is 6180. The summed E-state index contributed by atoms with van der Waals surface area (Å²) in [6, 6.07) is 106. The van der Waals surface area contributed by atoms with Gasteiger partial charge < -0.3 is 55.2 Å². The number of para-hydroxylation sites is 2. The molecule has 0 radical (unpaired) electrons. The Balaban J connectivity index is 0.000000150. The maximum atomic E-state index is 14.4. The van der Waals surface area contributed by atoms with Gasteiger partial charge in [-0.1, -0.05) is 280 Å². The maximum absolute atomic E-state index is 14.4. The average molecular weight is 1940 g/mol. The molecule has 4 fully saturated rings. The van der Waals surface area contributed by atoms with Crippen LogP contribution < -0.4 is 9.80 Å². The molecule has 5 heterocycles. The van der Waals surface area contributed by atoms with Crippen molar-refractivity contribution in [3.05, 3.63) is 459 Å². The molecule has 0 amide bonds. The number of carbonyl (C=O) groups is 7. The Labute approximate surface area is 841 Å². The Kier molecular flexibility index (Phi) is 42.1. The number of benzene rings is 11. The molecule has 7 N–H and O–H groups in total. The largest absolute Gasteiger partial charge is 0.388 e. The van der Waals surface area contributed by atoms with E-state index in [9.17, 15) is 42.3 Å². The fourth-order valence-electron chi connectivity index (χ4n) is 18.1. The van der Waals surface area contributed by atoms with Crippen LogP contribution in [0.3, 0.4) is 0 Å². The minimum Gasteiger partial charge on any atom is -0.388 e. The quantitative estimate of drug-likeness (QED) is 0.0188. The van der Waals surface area contributed by atoms with Crippen LogP contribution in [0.4, 0.5) is 31.5 Å². The molecule has 144 heavy (non-hydrogen) atoms. The summed E-state index contributed by atoms with van der Waals surface area (Å²) in [5.74, 6) is -2.94. The van der Waals surface area contributed by atoms with Crippen molar-refractivity contribution in [1.29, 1.82) is 0 Å². The number of nitrogens with zero attached hydrogens (tertiary/aromatic N) is 6. The lowest BCUT2D eigenvalue weighted by molar-refractivity contribution is 0.0486. The molecule has 14 aromatic rings. The van der Waals surface area contributed by atoms with Crippen molar-refractivity contribution >= 4 is 63.2 Å². The summed E-state index contributed by atoms with van der Waals surface area (Å²) >= 11 is 0. The van der Waals surface area contributed by atoms with Crippen LogP contribution in [0.5, 0.6) is 0 Å². The number of aliphatic hydroxyl groups is 7. The van der Waals surface area contributed by atoms with Crippen LogP contribution in [-0.4, -0.2) is 189 Å². The van der Waals surface area contributed by atoms with Crippen molar-refractivity contribution in [1.82, 2.24) is 19.9 Å². The number of halogens is 2. The number of pyridine rings is 3. The van der Waals surface area contributed by atoms with Crippen molar-refractivity contribution in [2.45, 2.75) is 119 Å². The van der Waals surface area contributed by atoms with E-state index in [4.69, 9.17) is 40.5 Å². The van der Waals surface area contributed by atoms with Crippen LogP contribution in [0.15, 0.2) is 352 Å². The number of likely N-dealkylation sites (N-methyl/N-ethyl adjacent to an activating group) is 1. The number of Topliss-reactive ketones (excluding diaryl/α,β-unsaturated/α-hetero) is 7. The number of aryl methyl sites for hydroxylation is 4. The molecule has 23 heteroatoms. The summed E-state index contributed by atoms with van der Waals surface area (Å²) in [5.41, 5.74) is 18.5. The minimum atomic E-state index is -0.535. The van der Waals surface area contributed by atoms with Gasteiger partial charge >= 0.3 is 0 Å². The molecule has 2 saturated heterocycles. The van der Waals surface area contributed by atoms with Crippen molar-refractivity contribution in [2.24, 2.45) is 0 Å². The predicted molar refractivity (Wildman–Crippen MR) is 558 cm³/mol. The number of aromatic nitrogens is 3. The van der Waals surface area contributed by atoms with E-state index in [2.05, 4.69) is 122 Å². The summed E-state index contributed by atoms with van der Waals surface area (Å²) in [4.78, 5) is 98.5. The van der Waals surface area contributed by atoms with E-state index in [0.717, 1.165) is 105 Å². The third-order valence-electron chi connectivity index (χ3n) is 26.5. The molecule has 3 aromatic heterocycles. The number of ketones is 7. The number of hydrogen-bond donors (Lipinski definition) is 7. The smallest absolute Gasteiger partial charge is 0.206 e. The van der Waals surface area contributed by atoms with E-state index in [-0.39, 0.29) is 51.6 Å². The first-order valence-electron chi connectivity index (χ1n) is 48.9. The number of carbonyl (C=O) groups excluding carboxylic acids is 7. The molecule has 744 valence electrons. The molecule has 0 bridgehead atoms. The van der Waals surface area contributed by atoms with Gasteiger partial charge in [0, 0.05) is 84.6 Å². The number of aliphatic hydroxyl groups excluding tert-OH is 7. The van der Waals surface area contributed by atoms with Gasteiger partial charge in [0.25, 0.3) is 0 Å². The third-order valence-corrected chi connectivity index (χ3v) is 26.5. The summed E-state index contributed by atoms with van der Waals surface area (Å²) in [6.45, 7) is 1.71. The Morgan fingerprint density at radius 1 is 0.312 bits per heavy atom. The van der Waals surface area contributed by atoms with Crippen LogP contribution in [-0.2, 0) is 65.9 Å². The van der Waals surface area contributed by atoms with Gasteiger partial charge in [0.05, 0.1) is 23.8 Å². The second-order valence-corrected chi connectivity index (χ2v) is 36.4. The van der Waals surface area contributed by atoms with E-state index < -0.39 is 63.3 Å². The Morgan fingerprint density at radius 2 is 0.646 bits per heavy atom. The molecule has 2 aliphatic carbocycles. The number of ether oxygens (including phenoxy) is 1. The van der Waals surface area contributed by atoms with Crippen LogP contribution in [0.2, 0.25) is 0 Å². The zero-order chi connectivity index (χ0) is 102. The van der Waals surface area contributed by atoms with Gasteiger partial charge in [-0.05, 0) is 230 Å². The summed E-state index contributed by atoms with van der Waals surface area (Å²) < 4.78 is 33.6. The molecule has 11 aromatic carbocycles. The summed E-state index contributed by atoms with van der Waals surface area (Å²) in [5, 5.41) is 61.9. The number of hydrogen-bond acceptors (Lipinski definition) is 21. The zero-order valence-electron chi connectivity index (χ0n) is 81.3. The molecular weight excluding hydrogens is 1820 g/mol. The standard InChI is InChI=1S/C21H24O2.C20H20F2O3.C19H16N2O2.C18H18O2.C16H16O2.C15H15NO2.C12H17N3O2/c22-16-20(23)18-11-9-17(10-12-18)15-21(13-5-2-6-14-21)19-7-3-1-4-8-19;21-16-5-6-18(22)17(11-16)20(7-9-25-10-8-20)12-14-1-3-15(4-2-14)19(24)13-23;22-14-19(23)18-12-11-17(13-20-18)21(15-7-3-1-4-8-15)16-9-5-2-6-10-16;19-13-17(20)15-8-6-14(7-9-15)12-18(10-11-18)16-4-2-1-3-5-16;17-12-16(18)15-10-8-14(9-11-15)7-6-13-4-2-1-3-5-13;17-11-15(18)14-9-8-13(10-16-14)7-6-12-4-2-1-3-5-12;1-14-4-6-15(7-5-14)10-2-3-11(13-8-10)12(17)9-16/h1,3-4,7-12,22H,2,5-6,13-16H2;1-6,11,23H,7-10,12-13H2;1-13,22H,14H2;1-9,19H,10-13H2;1-5,8-11,17H,6-7,12H2;1-5,8-10,17H,6-7,11H2;2-3,8,16H,4-7,9H2,1H3. The molecule has 0 atom stereocenters. The molecular formula is C121H126F2N6O15. The highest BCUT2D eigenvalue weighted by atomic mass is 19.1. The predicted octanol–water partition coefficient (Wildman–Crippen LogP) is 19.3. The number of rotatable bonds is 33. The summed E-state index contributed by atoms with van der Waals surface area (Å²) in [6.07, 6.45) is 21.4. The highest BCUT2D eigenvalue weighted by molar-refractivity contribution is 5.99. The monoisotopic (exact) mass is 1940 g/mol. The molecule has 0 unspecified atom stereocenters. The molecule has 18 rings (SSSR count). The van der Waals surface area contributed by atoms with Crippen LogP contribution >= 0.6 is 0 Å².